The predicted octanol–water partition coefficient (Wildman–Crippen LogP) is 3.97. The molecule has 0 heterocycles. The smallest absolute Gasteiger partial charge is 0.192 e. The van der Waals surface area contributed by atoms with Gasteiger partial charge in [0, 0.05) is 6.10 Å². The minimum atomic E-state index is -1.55. The second-order valence-corrected chi connectivity index (χ2v) is 9.97. The second kappa shape index (κ2) is 4.42. The lowest BCUT2D eigenvalue weighted by Gasteiger charge is -2.38. The minimum absolute atomic E-state index is 0.308. The van der Waals surface area contributed by atoms with Crippen LogP contribution in [-0.2, 0) is 4.43 Å². The van der Waals surface area contributed by atoms with E-state index in [2.05, 4.69) is 47.4 Å². The van der Waals surface area contributed by atoms with Crippen LogP contribution in [0, 0.1) is 0 Å². The van der Waals surface area contributed by atoms with E-state index in [1.807, 2.05) is 6.08 Å². The summed E-state index contributed by atoms with van der Waals surface area (Å²) in [5.74, 6) is 0. The average Bonchev–Trinajstić information content (AvgIpc) is 1.83. The van der Waals surface area contributed by atoms with Crippen molar-refractivity contribution in [3.05, 3.63) is 12.7 Å². The molecule has 1 atom stereocenters. The van der Waals surface area contributed by atoms with E-state index < -0.39 is 8.32 Å². The molecule has 0 bridgehead atoms. The first-order valence-electron chi connectivity index (χ1n) is 4.99. The monoisotopic (exact) mass is 200 g/mol. The van der Waals surface area contributed by atoms with E-state index in [1.165, 1.54) is 0 Å². The van der Waals surface area contributed by atoms with Crippen LogP contribution in [0.25, 0.3) is 0 Å². The first-order chi connectivity index (χ1) is 5.70. The van der Waals surface area contributed by atoms with Crippen LogP contribution in [0.4, 0.5) is 0 Å². The van der Waals surface area contributed by atoms with Crippen molar-refractivity contribution in [1.82, 2.24) is 0 Å². The summed E-state index contributed by atoms with van der Waals surface area (Å²) in [6.45, 7) is 17.2. The summed E-state index contributed by atoms with van der Waals surface area (Å²) in [5.41, 5.74) is 0. The summed E-state index contributed by atoms with van der Waals surface area (Å²) < 4.78 is 6.11. The normalized spacial score (nSPS) is 15.5. The Hall–Kier alpha value is -0.0831. The third kappa shape index (κ3) is 4.10. The van der Waals surface area contributed by atoms with Gasteiger partial charge < -0.3 is 4.43 Å². The summed E-state index contributed by atoms with van der Waals surface area (Å²) in [7, 11) is -1.55. The summed E-state index contributed by atoms with van der Waals surface area (Å²) in [5, 5.41) is 0.308. The first kappa shape index (κ1) is 12.9. The van der Waals surface area contributed by atoms with E-state index in [0.29, 0.717) is 11.1 Å². The Morgan fingerprint density at radius 2 is 1.85 bits per heavy atom. The van der Waals surface area contributed by atoms with Crippen molar-refractivity contribution < 1.29 is 4.43 Å². The predicted molar refractivity (Wildman–Crippen MR) is 62.6 cm³/mol. The molecule has 0 N–H and O–H groups in total. The van der Waals surface area contributed by atoms with E-state index in [1.54, 1.807) is 0 Å². The molecule has 0 aliphatic carbocycles. The highest BCUT2D eigenvalue weighted by atomic mass is 28.4. The van der Waals surface area contributed by atoms with Gasteiger partial charge >= 0.3 is 0 Å². The standard InChI is InChI=1S/C11H24OSi/c1-8-9-10(2)12-13(6,7)11(3,4)5/h8,10H,1,9H2,2-7H3. The molecule has 0 radical (unpaired) electrons. The van der Waals surface area contributed by atoms with Crippen LogP contribution < -0.4 is 0 Å². The Labute approximate surface area is 84.3 Å². The summed E-state index contributed by atoms with van der Waals surface area (Å²) in [6.07, 6.45) is 3.20. The van der Waals surface area contributed by atoms with Gasteiger partial charge in [-0.3, -0.25) is 0 Å². The van der Waals surface area contributed by atoms with Crippen LogP contribution in [-0.4, -0.2) is 14.4 Å². The first-order valence-corrected chi connectivity index (χ1v) is 7.90. The second-order valence-electron chi connectivity index (χ2n) is 5.21. The molecule has 0 saturated heterocycles. The van der Waals surface area contributed by atoms with E-state index in [-0.39, 0.29) is 0 Å². The molecule has 0 aliphatic heterocycles. The maximum absolute atomic E-state index is 6.11. The van der Waals surface area contributed by atoms with E-state index >= 15 is 0 Å². The molecule has 0 aromatic rings. The van der Waals surface area contributed by atoms with Crippen molar-refractivity contribution in [2.24, 2.45) is 0 Å². The van der Waals surface area contributed by atoms with Crippen LogP contribution in [0.5, 0.6) is 0 Å². The van der Waals surface area contributed by atoms with Gasteiger partial charge in [0.25, 0.3) is 0 Å². The Bertz CT molecular complexity index is 167. The molecule has 78 valence electrons. The van der Waals surface area contributed by atoms with Crippen molar-refractivity contribution in [2.75, 3.05) is 0 Å². The number of hydrogen-bond acceptors (Lipinski definition) is 1. The third-order valence-electron chi connectivity index (χ3n) is 2.80. The van der Waals surface area contributed by atoms with Gasteiger partial charge in [-0.2, -0.15) is 0 Å². The van der Waals surface area contributed by atoms with Crippen LogP contribution in [0.15, 0.2) is 12.7 Å². The Balaban J connectivity index is 4.24. The van der Waals surface area contributed by atoms with E-state index in [0.717, 1.165) is 6.42 Å². The molecule has 0 aliphatic rings. The number of rotatable bonds is 4. The van der Waals surface area contributed by atoms with E-state index in [9.17, 15) is 0 Å². The van der Waals surface area contributed by atoms with Crippen molar-refractivity contribution in [3.8, 4) is 0 Å². The highest BCUT2D eigenvalue weighted by Crippen LogP contribution is 2.37. The molecule has 0 fully saturated rings. The molecule has 13 heavy (non-hydrogen) atoms. The molecule has 0 amide bonds. The lowest BCUT2D eigenvalue weighted by molar-refractivity contribution is 0.202. The van der Waals surface area contributed by atoms with Crippen molar-refractivity contribution >= 4 is 8.32 Å². The zero-order valence-electron chi connectivity index (χ0n) is 9.98. The highest BCUT2D eigenvalue weighted by Gasteiger charge is 2.38. The fraction of sp³-hybridized carbons (Fsp3) is 0.818. The van der Waals surface area contributed by atoms with Gasteiger partial charge in [-0.05, 0) is 31.5 Å². The Kier molecular flexibility index (Phi) is 4.40. The summed E-state index contributed by atoms with van der Waals surface area (Å²) >= 11 is 0. The van der Waals surface area contributed by atoms with Crippen LogP contribution in [0.3, 0.4) is 0 Å². The lowest BCUT2D eigenvalue weighted by atomic mass is 10.2. The molecular weight excluding hydrogens is 176 g/mol. The molecule has 0 aromatic carbocycles. The van der Waals surface area contributed by atoms with Crippen molar-refractivity contribution in [1.29, 1.82) is 0 Å². The highest BCUT2D eigenvalue weighted by molar-refractivity contribution is 6.74. The molecule has 0 rings (SSSR count). The van der Waals surface area contributed by atoms with Crippen molar-refractivity contribution in [2.45, 2.75) is 58.4 Å². The fourth-order valence-corrected chi connectivity index (χ4v) is 2.42. The van der Waals surface area contributed by atoms with Gasteiger partial charge in [0.15, 0.2) is 8.32 Å². The molecular formula is C11H24OSi. The number of hydrogen-bond donors (Lipinski definition) is 0. The zero-order chi connectivity index (χ0) is 10.7. The van der Waals surface area contributed by atoms with Gasteiger partial charge in [0.2, 0.25) is 0 Å². The molecule has 1 nitrogen and oxygen atoms in total. The van der Waals surface area contributed by atoms with Crippen molar-refractivity contribution in [3.63, 3.8) is 0 Å². The molecule has 1 unspecified atom stereocenters. The van der Waals surface area contributed by atoms with Crippen LogP contribution in [0.1, 0.15) is 34.1 Å². The maximum atomic E-state index is 6.11. The molecule has 2 heteroatoms. The SMILES string of the molecule is C=CCC(C)O[Si](C)(C)C(C)(C)C. The Morgan fingerprint density at radius 1 is 1.38 bits per heavy atom. The third-order valence-corrected chi connectivity index (χ3v) is 7.40. The lowest BCUT2D eigenvalue weighted by Crippen LogP contribution is -2.43. The van der Waals surface area contributed by atoms with Crippen LogP contribution in [0.2, 0.25) is 18.1 Å². The largest absolute Gasteiger partial charge is 0.414 e. The van der Waals surface area contributed by atoms with Gasteiger partial charge in [-0.15, -0.1) is 6.58 Å². The van der Waals surface area contributed by atoms with Gasteiger partial charge in [0.05, 0.1) is 0 Å². The van der Waals surface area contributed by atoms with Gasteiger partial charge in [0.1, 0.15) is 0 Å². The van der Waals surface area contributed by atoms with Crippen LogP contribution >= 0.6 is 0 Å². The van der Waals surface area contributed by atoms with Gasteiger partial charge in [-0.1, -0.05) is 26.8 Å². The topological polar surface area (TPSA) is 9.23 Å². The quantitative estimate of drug-likeness (QED) is 0.493. The average molecular weight is 200 g/mol. The van der Waals surface area contributed by atoms with E-state index in [4.69, 9.17) is 4.43 Å². The molecule has 0 saturated carbocycles. The Morgan fingerprint density at radius 3 is 2.15 bits per heavy atom. The van der Waals surface area contributed by atoms with Gasteiger partial charge in [-0.25, -0.2) is 0 Å². The summed E-state index contributed by atoms with van der Waals surface area (Å²) in [4.78, 5) is 0. The zero-order valence-corrected chi connectivity index (χ0v) is 11.0. The summed E-state index contributed by atoms with van der Waals surface area (Å²) in [6, 6.07) is 0. The maximum Gasteiger partial charge on any atom is 0.192 e. The molecule has 0 spiro atoms. The minimum Gasteiger partial charge on any atom is -0.414 e. The fourth-order valence-electron chi connectivity index (χ4n) is 0.963. The molecule has 0 aromatic heterocycles.